The van der Waals surface area contributed by atoms with Gasteiger partial charge in [-0.3, -0.25) is 76.7 Å². The SMILES string of the molecule is CC(C)C[C@H](NC(=O)CNC(=O)[C@@H](NC(=O)CNC(=O)[C@@H](NC(=O)[C@@H](N)CC(C)C)[C@@H](C)O)C(C)C)C(=O)N[C@@H](CO)C(=O)N[C@@H](CO)C(=O)N[C@@H](CC(C)C)C(=O)N[C@@H](CS)C(=O)N[C@@H](CO)C(=O)N[C@@H](Cc1c[nH]c2ccccc12)C(=O)N[C@@H](CCC(N)=O)C(=O)N[C@@H](CS)C(=O)N[C@@H](CO)C(=O)N[C@@H](Cc1cnc[nH]1)C(=O)O. The fraction of sp³-hybridized carbons (Fsp3) is 0.606. The average Bonchev–Trinajstić information content (AvgIpc) is 1.65. The zero-order valence-electron chi connectivity index (χ0n) is 65.7. The topological polar surface area (TPSA) is 689 Å². The highest BCUT2D eigenvalue weighted by Crippen LogP contribution is 2.20. The monoisotopic (exact) mass is 1680 g/mol. The number of H-pyrrole nitrogens is 2. The number of carbonyl (C=O) groups is 17. The predicted octanol–water partition coefficient (Wildman–Crippen LogP) is -9.11. The summed E-state index contributed by atoms with van der Waals surface area (Å²) in [5.74, 6) is -20.3. The molecule has 116 heavy (non-hydrogen) atoms. The molecule has 0 radical (unpaired) electrons. The number of thiol groups is 2. The first kappa shape index (κ1) is 99.6. The van der Waals surface area contributed by atoms with Gasteiger partial charge in [-0.05, 0) is 67.9 Å². The summed E-state index contributed by atoms with van der Waals surface area (Å²) in [6.07, 6.45) is 1.05. The Morgan fingerprint density at radius 1 is 0.440 bits per heavy atom. The zero-order valence-corrected chi connectivity index (χ0v) is 67.5. The lowest BCUT2D eigenvalue weighted by Gasteiger charge is -2.28. The van der Waals surface area contributed by atoms with E-state index in [2.05, 4.69) is 120 Å². The molecule has 0 aliphatic rings. The highest BCUT2D eigenvalue weighted by Gasteiger charge is 2.38. The van der Waals surface area contributed by atoms with E-state index in [0.29, 0.717) is 22.2 Å². The number of aliphatic hydroxyl groups is 5. The first-order chi connectivity index (χ1) is 54.6. The molecule has 0 aliphatic heterocycles. The minimum Gasteiger partial charge on any atom is -0.480 e. The average molecular weight is 1680 g/mol. The van der Waals surface area contributed by atoms with Gasteiger partial charge in [-0.25, -0.2) is 9.78 Å². The lowest BCUT2D eigenvalue weighted by molar-refractivity contribution is -0.142. The Labute approximate surface area is 678 Å². The van der Waals surface area contributed by atoms with E-state index in [1.165, 1.54) is 25.6 Å². The van der Waals surface area contributed by atoms with Crippen LogP contribution < -0.4 is 91.2 Å². The van der Waals surface area contributed by atoms with E-state index in [4.69, 9.17) is 11.5 Å². The molecule has 2 aromatic heterocycles. The molecule has 0 unspecified atom stereocenters. The van der Waals surface area contributed by atoms with Crippen LogP contribution in [0.3, 0.4) is 0 Å². The standard InChI is InChI=1S/C71H112N20O23S2/c1-32(2)16-40(72)58(100)91-57(36(9)96)70(112)77-24-55(99)90-56(35(7)8)69(111)76-23-54(98)79-43(17-33(3)4)60(102)84-50(28-95)66(108)85-47(25-92)63(105)81-44(18-34(5)6)61(103)89-52(30-116)68(110)86-48(26-93)64(106)82-45(19-37-21-75-41-13-11-10-12-39(37)41)62(104)80-42(14-15-53(73)97)59(101)88-51(29-115)67(109)87-49(27-94)65(107)83-46(71(113)114)20-38-22-74-31-78-38/h10-13,21-22,31-36,40,42-52,56-57,75,92-96,115-116H,14-20,23-30,72H2,1-9H3,(H2,73,97)(H,74,78)(H,76,111)(H,77,112)(H,79,98)(H,80,104)(H,81,105)(H,82,106)(H,83,107)(H,84,102)(H,85,108)(H,86,110)(H,87,109)(H,88,101)(H,89,103)(H,90,99)(H,91,100)(H,113,114)/t36-,40+,42+,43+,44+,45+,46+,47+,48+,49+,50+,51+,52+,56+,57+/m1/s1. The number of rotatable bonds is 52. The van der Waals surface area contributed by atoms with Crippen molar-refractivity contribution in [2.75, 3.05) is 51.0 Å². The number of aromatic amines is 2. The minimum absolute atomic E-state index is 0.0443. The van der Waals surface area contributed by atoms with Crippen LogP contribution in [0.4, 0.5) is 0 Å². The molecule has 45 heteroatoms. The summed E-state index contributed by atoms with van der Waals surface area (Å²) >= 11 is 8.35. The number of para-hydroxylation sites is 1. The predicted molar refractivity (Wildman–Crippen MR) is 420 cm³/mol. The maximum absolute atomic E-state index is 14.5. The lowest BCUT2D eigenvalue weighted by atomic mass is 10.0. The van der Waals surface area contributed by atoms with Crippen LogP contribution in [0.15, 0.2) is 43.0 Å². The molecule has 15 atom stereocenters. The van der Waals surface area contributed by atoms with Gasteiger partial charge in [0.05, 0.1) is 58.0 Å². The van der Waals surface area contributed by atoms with E-state index >= 15 is 0 Å². The Bertz CT molecular complexity index is 3850. The number of aliphatic carboxylic acids is 1. The summed E-state index contributed by atoms with van der Waals surface area (Å²) in [4.78, 5) is 238. The number of hydrogen-bond acceptors (Lipinski definition) is 26. The van der Waals surface area contributed by atoms with Gasteiger partial charge in [0.2, 0.25) is 94.5 Å². The van der Waals surface area contributed by atoms with E-state index in [-0.39, 0.29) is 43.9 Å². The highest BCUT2D eigenvalue weighted by atomic mass is 32.1. The molecule has 3 rings (SSSR count). The molecule has 0 fully saturated rings. The van der Waals surface area contributed by atoms with E-state index in [9.17, 15) is 112 Å². The molecular weight excluding hydrogens is 1570 g/mol. The second-order valence-electron chi connectivity index (χ2n) is 29.0. The highest BCUT2D eigenvalue weighted by molar-refractivity contribution is 7.80. The van der Waals surface area contributed by atoms with Crippen LogP contribution in [-0.2, 0) is 94.3 Å². The fourth-order valence-corrected chi connectivity index (χ4v) is 11.7. The van der Waals surface area contributed by atoms with Crippen molar-refractivity contribution in [2.24, 2.45) is 35.1 Å². The maximum Gasteiger partial charge on any atom is 0.326 e. The number of nitrogens with one attached hydrogen (secondary N) is 17. The first-order valence-electron chi connectivity index (χ1n) is 37.2. The van der Waals surface area contributed by atoms with Gasteiger partial charge in [0.1, 0.15) is 78.5 Å². The number of aromatic nitrogens is 3. The first-order valence-corrected chi connectivity index (χ1v) is 38.5. The maximum atomic E-state index is 14.5. The van der Waals surface area contributed by atoms with Crippen LogP contribution in [0.1, 0.15) is 106 Å². The number of hydrogen-bond donors (Lipinski definition) is 27. The summed E-state index contributed by atoms with van der Waals surface area (Å²) in [5.41, 5.74) is 12.7. The number of imidazole rings is 1. The molecule has 16 amide bonds. The van der Waals surface area contributed by atoms with Crippen molar-refractivity contribution in [3.8, 4) is 0 Å². The molecule has 27 N–H and O–H groups in total. The third-order valence-electron chi connectivity index (χ3n) is 17.5. The summed E-state index contributed by atoms with van der Waals surface area (Å²) in [6, 6.07) is -15.7. The van der Waals surface area contributed by atoms with E-state index < -0.39 is 267 Å². The third-order valence-corrected chi connectivity index (χ3v) is 18.2. The molecule has 43 nitrogen and oxygen atoms in total. The molecule has 2 heterocycles. The van der Waals surface area contributed by atoms with Gasteiger partial charge in [-0.15, -0.1) is 0 Å². The second kappa shape index (κ2) is 50.0. The summed E-state index contributed by atoms with van der Waals surface area (Å²) in [5, 5.41) is 97.0. The number of benzene rings is 1. The van der Waals surface area contributed by atoms with Gasteiger partial charge in [-0.2, -0.15) is 25.3 Å². The van der Waals surface area contributed by atoms with Gasteiger partial charge >= 0.3 is 5.97 Å². The summed E-state index contributed by atoms with van der Waals surface area (Å²) < 4.78 is 0. The van der Waals surface area contributed by atoms with Crippen molar-refractivity contribution in [1.29, 1.82) is 0 Å². The van der Waals surface area contributed by atoms with Crippen molar-refractivity contribution in [3.63, 3.8) is 0 Å². The van der Waals surface area contributed by atoms with Gasteiger partial charge in [0.25, 0.3) is 0 Å². The Morgan fingerprint density at radius 2 is 0.828 bits per heavy atom. The van der Waals surface area contributed by atoms with Crippen molar-refractivity contribution < 1.29 is 112 Å². The number of carboxylic acids is 1. The molecule has 0 aliphatic carbocycles. The molecule has 1 aromatic carbocycles. The quantitative estimate of drug-likeness (QED) is 0.0233. The van der Waals surface area contributed by atoms with E-state index in [1.807, 2.05) is 13.8 Å². The molecule has 0 bridgehead atoms. The molecule has 3 aromatic rings. The van der Waals surface area contributed by atoms with Crippen molar-refractivity contribution in [3.05, 3.63) is 54.2 Å². The number of nitrogens with two attached hydrogens (primary N) is 2. The van der Waals surface area contributed by atoms with Crippen LogP contribution in [-0.4, -0.2) is 288 Å². The fourth-order valence-electron chi connectivity index (χ4n) is 11.2. The molecule has 0 spiro atoms. The van der Waals surface area contributed by atoms with Crippen LogP contribution >= 0.6 is 25.3 Å². The molecule has 0 saturated heterocycles. The number of carbonyl (C=O) groups excluding carboxylic acids is 16. The van der Waals surface area contributed by atoms with Crippen LogP contribution in [0.2, 0.25) is 0 Å². The van der Waals surface area contributed by atoms with E-state index in [0.717, 1.165) is 0 Å². The van der Waals surface area contributed by atoms with Crippen molar-refractivity contribution >= 4 is 137 Å². The van der Waals surface area contributed by atoms with E-state index in [1.54, 1.807) is 65.8 Å². The van der Waals surface area contributed by atoms with Crippen molar-refractivity contribution in [2.45, 2.75) is 198 Å². The number of carboxylic acid groups (broad SMARTS) is 1. The third kappa shape index (κ3) is 33.7. The summed E-state index contributed by atoms with van der Waals surface area (Å²) in [7, 11) is 0. The molecule has 0 saturated carbocycles. The Morgan fingerprint density at radius 3 is 1.25 bits per heavy atom. The Kier molecular flexibility index (Phi) is 43.0. The lowest BCUT2D eigenvalue weighted by Crippen LogP contribution is -2.62. The van der Waals surface area contributed by atoms with Gasteiger partial charge in [0.15, 0.2) is 0 Å². The largest absolute Gasteiger partial charge is 0.480 e. The number of primary amides is 1. The van der Waals surface area contributed by atoms with Gasteiger partial charge < -0.3 is 132 Å². The normalized spacial score (nSPS) is 15.2. The Balaban J connectivity index is 1.74. The zero-order chi connectivity index (χ0) is 87.4. The number of nitrogens with zero attached hydrogens (tertiary/aromatic N) is 1. The summed E-state index contributed by atoms with van der Waals surface area (Å²) in [6.45, 7) is 8.79. The van der Waals surface area contributed by atoms with Gasteiger partial charge in [-0.1, -0.05) is 73.6 Å². The molecular formula is C71H112N20O23S2. The minimum atomic E-state index is -1.92. The molecule has 646 valence electrons. The van der Waals surface area contributed by atoms with Gasteiger partial charge in [0, 0.05) is 59.8 Å². The number of amides is 16. The van der Waals surface area contributed by atoms with Crippen molar-refractivity contribution in [1.82, 2.24) is 94.7 Å². The van der Waals surface area contributed by atoms with Crippen LogP contribution in [0.5, 0.6) is 0 Å². The number of fused-ring (bicyclic) bond motifs is 1. The number of aliphatic hydroxyl groups excluding tert-OH is 5. The second-order valence-corrected chi connectivity index (χ2v) is 29.7. The van der Waals surface area contributed by atoms with Crippen LogP contribution in [0.25, 0.3) is 10.9 Å². The smallest absolute Gasteiger partial charge is 0.326 e. The Hall–Kier alpha value is -10.6. The van der Waals surface area contributed by atoms with Crippen LogP contribution in [0, 0.1) is 23.7 Å².